The Morgan fingerprint density at radius 1 is 1.11 bits per heavy atom. The van der Waals surface area contributed by atoms with Crippen molar-refractivity contribution in [2.75, 3.05) is 18.0 Å². The summed E-state index contributed by atoms with van der Waals surface area (Å²) in [6.45, 7) is 4.08. The number of fused-ring (bicyclic) bond motifs is 3. The summed E-state index contributed by atoms with van der Waals surface area (Å²) in [4.78, 5) is 28.3. The quantitative estimate of drug-likeness (QED) is 0.394. The summed E-state index contributed by atoms with van der Waals surface area (Å²) in [6.07, 6.45) is 8.77. The second-order valence-corrected chi connectivity index (χ2v) is 10.6. The van der Waals surface area contributed by atoms with Crippen LogP contribution in [0, 0.1) is 0 Å². The Hall–Kier alpha value is -3.62. The third-order valence-corrected chi connectivity index (χ3v) is 8.03. The normalized spacial score (nSPS) is 17.5. The Morgan fingerprint density at radius 3 is 2.76 bits per heavy atom. The van der Waals surface area contributed by atoms with Crippen molar-refractivity contribution in [3.05, 3.63) is 82.8 Å². The fourth-order valence-electron chi connectivity index (χ4n) is 5.06. The van der Waals surface area contributed by atoms with Crippen LogP contribution in [0.2, 0.25) is 0 Å². The molecule has 1 atom stereocenters. The van der Waals surface area contributed by atoms with E-state index in [0.29, 0.717) is 17.6 Å². The minimum atomic E-state index is -0.0799. The number of hydrogen-bond donors (Lipinski definition) is 1. The van der Waals surface area contributed by atoms with Crippen molar-refractivity contribution >= 4 is 46.3 Å². The molecule has 37 heavy (non-hydrogen) atoms. The topological polar surface area (TPSA) is 81.4 Å². The van der Waals surface area contributed by atoms with E-state index in [1.165, 1.54) is 0 Å². The summed E-state index contributed by atoms with van der Waals surface area (Å²) in [6, 6.07) is 18.5. The molecule has 2 aromatic heterocycles. The lowest BCUT2D eigenvalue weighted by molar-refractivity contribution is 0.499. The van der Waals surface area contributed by atoms with Gasteiger partial charge in [-0.3, -0.25) is 9.36 Å². The molecule has 0 aliphatic carbocycles. The van der Waals surface area contributed by atoms with Gasteiger partial charge in [0.2, 0.25) is 5.95 Å². The van der Waals surface area contributed by atoms with Crippen molar-refractivity contribution < 1.29 is 0 Å². The van der Waals surface area contributed by atoms with Gasteiger partial charge in [-0.15, -0.1) is 0 Å². The maximum Gasteiger partial charge on any atom is 0.277 e. The molecule has 2 aliphatic rings. The molecule has 0 bridgehead atoms. The number of imidazole rings is 1. The number of rotatable bonds is 5. The molecule has 4 aromatic rings. The Balaban J connectivity index is 1.47. The summed E-state index contributed by atoms with van der Waals surface area (Å²) < 4.78 is 3.70. The van der Waals surface area contributed by atoms with Crippen molar-refractivity contribution in [1.82, 2.24) is 14.1 Å². The molecular formula is C29H30N6OS. The lowest BCUT2D eigenvalue weighted by atomic mass is 10.1. The predicted molar refractivity (Wildman–Crippen MR) is 152 cm³/mol. The van der Waals surface area contributed by atoms with Gasteiger partial charge in [-0.1, -0.05) is 55.1 Å². The van der Waals surface area contributed by atoms with Gasteiger partial charge in [-0.25, -0.2) is 9.98 Å². The van der Waals surface area contributed by atoms with Crippen LogP contribution < -0.4 is 16.2 Å². The number of aromatic nitrogens is 3. The second kappa shape index (κ2) is 10.0. The van der Waals surface area contributed by atoms with E-state index in [-0.39, 0.29) is 11.6 Å². The van der Waals surface area contributed by atoms with E-state index in [1.807, 2.05) is 53.4 Å². The van der Waals surface area contributed by atoms with Gasteiger partial charge in [0, 0.05) is 46.9 Å². The molecule has 8 heteroatoms. The largest absolute Gasteiger partial charge is 0.340 e. The Labute approximate surface area is 220 Å². The van der Waals surface area contributed by atoms with Crippen molar-refractivity contribution in [2.24, 2.45) is 10.7 Å². The summed E-state index contributed by atoms with van der Waals surface area (Å²) >= 11 is 1.71. The van der Waals surface area contributed by atoms with E-state index in [2.05, 4.69) is 36.1 Å². The number of nitrogens with two attached hydrogens (primary N) is 1. The molecule has 2 N–H and O–H groups in total. The third kappa shape index (κ3) is 4.51. The molecular weight excluding hydrogens is 480 g/mol. The first-order valence-electron chi connectivity index (χ1n) is 12.8. The number of aliphatic imine (C=N–C) groups is 1. The van der Waals surface area contributed by atoms with Crippen molar-refractivity contribution in [3.63, 3.8) is 0 Å². The van der Waals surface area contributed by atoms with E-state index < -0.39 is 0 Å². The van der Waals surface area contributed by atoms with Gasteiger partial charge in [0.1, 0.15) is 5.52 Å². The maximum absolute atomic E-state index is 14.0. The van der Waals surface area contributed by atoms with Crippen LogP contribution in [0.4, 0.5) is 11.6 Å². The van der Waals surface area contributed by atoms with Crippen LogP contribution in [-0.2, 0) is 6.54 Å². The Morgan fingerprint density at radius 2 is 1.92 bits per heavy atom. The van der Waals surface area contributed by atoms with Crippen LogP contribution in [0.25, 0.3) is 17.2 Å². The highest BCUT2D eigenvalue weighted by Gasteiger charge is 2.24. The number of benzene rings is 2. The van der Waals surface area contributed by atoms with Crippen LogP contribution >= 0.6 is 11.8 Å². The summed E-state index contributed by atoms with van der Waals surface area (Å²) in [5.41, 5.74) is 10.3. The smallest absolute Gasteiger partial charge is 0.277 e. The first kappa shape index (κ1) is 23.8. The van der Waals surface area contributed by atoms with E-state index in [0.717, 1.165) is 65.1 Å². The minimum Gasteiger partial charge on any atom is -0.340 e. The van der Waals surface area contributed by atoms with E-state index in [4.69, 9.17) is 15.7 Å². The first-order chi connectivity index (χ1) is 18.1. The van der Waals surface area contributed by atoms with Gasteiger partial charge < -0.3 is 15.2 Å². The summed E-state index contributed by atoms with van der Waals surface area (Å²) in [7, 11) is 0. The van der Waals surface area contributed by atoms with E-state index >= 15 is 0 Å². The zero-order valence-corrected chi connectivity index (χ0v) is 21.7. The molecule has 7 nitrogen and oxygen atoms in total. The first-order valence-corrected chi connectivity index (χ1v) is 13.7. The predicted octanol–water partition coefficient (Wildman–Crippen LogP) is 5.29. The van der Waals surface area contributed by atoms with Crippen LogP contribution in [0.3, 0.4) is 0 Å². The zero-order chi connectivity index (χ0) is 25.4. The fourth-order valence-corrected chi connectivity index (χ4v) is 6.10. The minimum absolute atomic E-state index is 0.0799. The monoisotopic (exact) mass is 510 g/mol. The Bertz CT molecular complexity index is 1580. The average Bonchev–Trinajstić information content (AvgIpc) is 3.21. The number of para-hydroxylation sites is 1. The fraction of sp³-hybridized carbons (Fsp3) is 0.276. The van der Waals surface area contributed by atoms with Crippen LogP contribution in [0.15, 0.2) is 86.4 Å². The molecule has 1 fully saturated rings. The average molecular weight is 511 g/mol. The number of pyridine rings is 1. The summed E-state index contributed by atoms with van der Waals surface area (Å²) in [5, 5.41) is 0. The van der Waals surface area contributed by atoms with Crippen molar-refractivity contribution in [1.29, 1.82) is 0 Å². The molecule has 1 saturated heterocycles. The van der Waals surface area contributed by atoms with Crippen LogP contribution in [0.1, 0.15) is 31.7 Å². The maximum atomic E-state index is 14.0. The van der Waals surface area contributed by atoms with Crippen molar-refractivity contribution in [3.8, 4) is 0 Å². The molecule has 2 aromatic carbocycles. The third-order valence-electron chi connectivity index (χ3n) is 6.88. The highest BCUT2D eigenvalue weighted by Crippen LogP contribution is 2.40. The Kier molecular flexibility index (Phi) is 6.44. The molecule has 0 amide bonds. The number of anilines is 1. The van der Waals surface area contributed by atoms with Gasteiger partial charge in [0.05, 0.1) is 23.5 Å². The number of allylic oxidation sites excluding steroid dienone is 1. The second-order valence-electron chi connectivity index (χ2n) is 9.53. The van der Waals surface area contributed by atoms with E-state index in [1.54, 1.807) is 16.3 Å². The lowest BCUT2D eigenvalue weighted by Gasteiger charge is -2.31. The molecule has 1 unspecified atom stereocenters. The SMILES string of the molecule is CCC=Cn1c(N2CCCC(N)C2)nc2ccn(CC3=Nc4ccccc4Sc4ccccc43)c(=O)c21. The summed E-state index contributed by atoms with van der Waals surface area (Å²) in [5.74, 6) is 0.784. The van der Waals surface area contributed by atoms with Gasteiger partial charge >= 0.3 is 0 Å². The van der Waals surface area contributed by atoms with Crippen LogP contribution in [-0.4, -0.2) is 39.0 Å². The van der Waals surface area contributed by atoms with Crippen LogP contribution in [0.5, 0.6) is 0 Å². The molecule has 4 heterocycles. The van der Waals surface area contributed by atoms with Gasteiger partial charge in [-0.2, -0.15) is 0 Å². The number of nitrogens with zero attached hydrogens (tertiary/aromatic N) is 5. The zero-order valence-electron chi connectivity index (χ0n) is 20.9. The molecule has 0 saturated carbocycles. The number of hydrogen-bond acceptors (Lipinski definition) is 6. The molecule has 0 radical (unpaired) electrons. The highest BCUT2D eigenvalue weighted by molar-refractivity contribution is 7.99. The van der Waals surface area contributed by atoms with Crippen molar-refractivity contribution in [2.45, 2.75) is 48.6 Å². The molecule has 188 valence electrons. The number of piperidine rings is 1. The molecule has 0 spiro atoms. The molecule has 2 aliphatic heterocycles. The van der Waals surface area contributed by atoms with Gasteiger partial charge in [0.25, 0.3) is 5.56 Å². The van der Waals surface area contributed by atoms with E-state index in [9.17, 15) is 4.79 Å². The lowest BCUT2D eigenvalue weighted by Crippen LogP contribution is -2.43. The standard InChI is InChI=1S/C29H30N6OS/c1-2-3-16-35-27-23(32-29(35)34-15-8-9-20(30)18-34)14-17-33(28(27)36)19-24-21-10-4-6-12-25(21)37-26-13-7-5-11-22(26)31-24/h3-7,10-14,16-17,20H,2,8-9,15,18-19,30H2,1H3. The molecule has 6 rings (SSSR count). The highest BCUT2D eigenvalue weighted by atomic mass is 32.2. The van der Waals surface area contributed by atoms with Gasteiger partial charge in [-0.05, 0) is 43.5 Å². The van der Waals surface area contributed by atoms with Gasteiger partial charge in [0.15, 0.2) is 0 Å².